The van der Waals surface area contributed by atoms with E-state index in [2.05, 4.69) is 13.6 Å². The molecular weight excluding hydrogens is 159 g/mol. The van der Waals surface area contributed by atoms with Crippen molar-refractivity contribution in [2.45, 2.75) is 19.8 Å². The second-order valence-electron chi connectivity index (χ2n) is 1.61. The van der Waals surface area contributed by atoms with Gasteiger partial charge in [0, 0.05) is 6.48 Å². The van der Waals surface area contributed by atoms with Gasteiger partial charge in [-0.15, -0.1) is 11.4 Å². The Bertz CT molecular complexity index is 49.7. The molecule has 0 bridgehead atoms. The standard InChI is InChI=1S/C5H12ClPS/c1-3-4-5-8-7(2)6/h3-5H2,1-2H3. The van der Waals surface area contributed by atoms with Crippen LogP contribution in [0, 0.1) is 0 Å². The zero-order valence-electron chi connectivity index (χ0n) is 5.35. The van der Waals surface area contributed by atoms with E-state index < -0.39 is 0 Å². The Morgan fingerprint density at radius 1 is 1.62 bits per heavy atom. The van der Waals surface area contributed by atoms with Crippen LogP contribution in [0.5, 0.6) is 0 Å². The first kappa shape index (κ1) is 9.07. The van der Waals surface area contributed by atoms with Crippen LogP contribution in [0.3, 0.4) is 0 Å². The third-order valence-electron chi connectivity index (χ3n) is 0.767. The molecule has 50 valence electrons. The molecule has 0 aromatic heterocycles. The van der Waals surface area contributed by atoms with Gasteiger partial charge in [0.15, 0.2) is 0 Å². The monoisotopic (exact) mass is 170 g/mol. The van der Waals surface area contributed by atoms with Crippen LogP contribution >= 0.6 is 29.1 Å². The average Bonchev–Trinajstić information content (AvgIpc) is 1.66. The maximum atomic E-state index is 5.74. The normalized spacial score (nSPS) is 13.9. The van der Waals surface area contributed by atoms with Crippen LogP contribution in [-0.4, -0.2) is 12.4 Å². The smallest absolute Gasteiger partial charge is 0.0461 e. The second kappa shape index (κ2) is 6.19. The molecule has 0 aliphatic rings. The lowest BCUT2D eigenvalue weighted by Gasteiger charge is -1.98. The van der Waals surface area contributed by atoms with Gasteiger partial charge < -0.3 is 0 Å². The van der Waals surface area contributed by atoms with E-state index in [4.69, 9.17) is 11.2 Å². The quantitative estimate of drug-likeness (QED) is 0.458. The van der Waals surface area contributed by atoms with Gasteiger partial charge in [0.1, 0.15) is 0 Å². The third-order valence-corrected chi connectivity index (χ3v) is 4.09. The lowest BCUT2D eigenvalue weighted by Crippen LogP contribution is -1.71. The van der Waals surface area contributed by atoms with Gasteiger partial charge in [-0.05, 0) is 18.8 Å². The molecular formula is C5H12ClPS. The Hall–Kier alpha value is 1.07. The van der Waals surface area contributed by atoms with Gasteiger partial charge in [-0.1, -0.05) is 24.6 Å². The molecule has 8 heavy (non-hydrogen) atoms. The van der Waals surface area contributed by atoms with Gasteiger partial charge in [0.25, 0.3) is 0 Å². The average molecular weight is 171 g/mol. The summed E-state index contributed by atoms with van der Waals surface area (Å²) < 4.78 is 0. The van der Waals surface area contributed by atoms with E-state index in [0.717, 1.165) is 0 Å². The van der Waals surface area contributed by atoms with Crippen LogP contribution in [0.2, 0.25) is 0 Å². The van der Waals surface area contributed by atoms with Gasteiger partial charge in [0.2, 0.25) is 0 Å². The van der Waals surface area contributed by atoms with Crippen LogP contribution in [-0.2, 0) is 0 Å². The predicted molar refractivity (Wildman–Crippen MR) is 46.1 cm³/mol. The molecule has 0 aliphatic heterocycles. The minimum absolute atomic E-state index is 0.223. The Kier molecular flexibility index (Phi) is 7.02. The summed E-state index contributed by atoms with van der Waals surface area (Å²) in [7, 11) is 0. The van der Waals surface area contributed by atoms with E-state index in [0.29, 0.717) is 0 Å². The third kappa shape index (κ3) is 7.07. The van der Waals surface area contributed by atoms with Crippen molar-refractivity contribution in [3.63, 3.8) is 0 Å². The van der Waals surface area contributed by atoms with Crippen LogP contribution in [0.25, 0.3) is 0 Å². The van der Waals surface area contributed by atoms with Gasteiger partial charge in [-0.3, -0.25) is 0 Å². The molecule has 0 aromatic rings. The summed E-state index contributed by atoms with van der Waals surface area (Å²) in [6.07, 6.45) is 2.59. The van der Waals surface area contributed by atoms with Crippen molar-refractivity contribution < 1.29 is 0 Å². The van der Waals surface area contributed by atoms with E-state index in [1.807, 2.05) is 11.4 Å². The number of unbranched alkanes of at least 4 members (excludes halogenated alkanes) is 1. The van der Waals surface area contributed by atoms with Crippen molar-refractivity contribution in [2.24, 2.45) is 0 Å². The fraction of sp³-hybridized carbons (Fsp3) is 1.00. The molecule has 0 aliphatic carbocycles. The molecule has 0 rings (SSSR count). The minimum Gasteiger partial charge on any atom is -0.118 e. The maximum absolute atomic E-state index is 5.74. The van der Waals surface area contributed by atoms with Crippen LogP contribution < -0.4 is 0 Å². The first-order valence-electron chi connectivity index (χ1n) is 2.79. The fourth-order valence-corrected chi connectivity index (χ4v) is 2.77. The second-order valence-corrected chi connectivity index (χ2v) is 7.66. The topological polar surface area (TPSA) is 0 Å². The number of halogens is 1. The van der Waals surface area contributed by atoms with Crippen molar-refractivity contribution in [1.29, 1.82) is 0 Å². The summed E-state index contributed by atoms with van der Waals surface area (Å²) in [6, 6.07) is 0. The van der Waals surface area contributed by atoms with Crippen LogP contribution in [0.4, 0.5) is 0 Å². The summed E-state index contributed by atoms with van der Waals surface area (Å²) in [6.45, 7) is 4.06. The van der Waals surface area contributed by atoms with E-state index in [9.17, 15) is 0 Å². The number of hydrogen-bond donors (Lipinski definition) is 0. The molecule has 0 N–H and O–H groups in total. The summed E-state index contributed by atoms with van der Waals surface area (Å²) in [5.41, 5.74) is 0. The first-order chi connectivity index (χ1) is 3.77. The highest BCUT2D eigenvalue weighted by Gasteiger charge is 1.92. The highest BCUT2D eigenvalue weighted by atomic mass is 35.7. The molecule has 0 spiro atoms. The highest BCUT2D eigenvalue weighted by molar-refractivity contribution is 8.62. The largest absolute Gasteiger partial charge is 0.118 e. The van der Waals surface area contributed by atoms with Crippen molar-refractivity contribution in [1.82, 2.24) is 0 Å². The van der Waals surface area contributed by atoms with Gasteiger partial charge >= 0.3 is 0 Å². The van der Waals surface area contributed by atoms with Crippen molar-refractivity contribution >= 4 is 29.1 Å². The van der Waals surface area contributed by atoms with Gasteiger partial charge in [-0.2, -0.15) is 0 Å². The van der Waals surface area contributed by atoms with Crippen molar-refractivity contribution in [2.75, 3.05) is 12.4 Å². The van der Waals surface area contributed by atoms with E-state index in [1.54, 1.807) is 0 Å². The van der Waals surface area contributed by atoms with Crippen LogP contribution in [0.1, 0.15) is 19.8 Å². The van der Waals surface area contributed by atoms with Gasteiger partial charge in [-0.25, -0.2) is 0 Å². The Morgan fingerprint density at radius 3 is 2.62 bits per heavy atom. The molecule has 1 unspecified atom stereocenters. The summed E-state index contributed by atoms with van der Waals surface area (Å²) in [5.74, 6) is 1.24. The highest BCUT2D eigenvalue weighted by Crippen LogP contribution is 2.50. The lowest BCUT2D eigenvalue weighted by molar-refractivity contribution is 0.898. The molecule has 0 fully saturated rings. The zero-order chi connectivity index (χ0) is 6.41. The number of rotatable bonds is 4. The molecule has 0 nitrogen and oxygen atoms in total. The molecule has 0 radical (unpaired) electrons. The zero-order valence-corrected chi connectivity index (χ0v) is 7.82. The Labute approximate surface area is 61.7 Å². The minimum atomic E-state index is -0.223. The predicted octanol–water partition coefficient (Wildman–Crippen LogP) is 3.70. The van der Waals surface area contributed by atoms with Crippen molar-refractivity contribution in [3.8, 4) is 0 Å². The first-order valence-corrected chi connectivity index (χ1v) is 7.08. The molecule has 0 saturated heterocycles. The Balaban J connectivity index is 2.72. The Morgan fingerprint density at radius 2 is 2.25 bits per heavy atom. The molecule has 0 aromatic carbocycles. The van der Waals surface area contributed by atoms with E-state index in [1.165, 1.54) is 18.6 Å². The fourth-order valence-electron chi connectivity index (χ4n) is 0.335. The maximum Gasteiger partial charge on any atom is 0.0461 e. The van der Waals surface area contributed by atoms with Crippen molar-refractivity contribution in [3.05, 3.63) is 0 Å². The molecule has 1 atom stereocenters. The van der Waals surface area contributed by atoms with Crippen LogP contribution in [0.15, 0.2) is 0 Å². The molecule has 0 amide bonds. The van der Waals surface area contributed by atoms with Gasteiger partial charge in [0.05, 0.1) is 0 Å². The molecule has 0 saturated carbocycles. The molecule has 3 heteroatoms. The van der Waals surface area contributed by atoms with E-state index in [-0.39, 0.29) is 6.48 Å². The number of hydrogen-bond acceptors (Lipinski definition) is 1. The lowest BCUT2D eigenvalue weighted by atomic mass is 10.4. The summed E-state index contributed by atoms with van der Waals surface area (Å²) in [4.78, 5) is 0. The summed E-state index contributed by atoms with van der Waals surface area (Å²) in [5, 5.41) is 0. The molecule has 0 heterocycles. The SMILES string of the molecule is CCCCSP(C)Cl. The van der Waals surface area contributed by atoms with E-state index >= 15 is 0 Å². The summed E-state index contributed by atoms with van der Waals surface area (Å²) >= 11 is 7.63.